The maximum atomic E-state index is 16.6. The van der Waals surface area contributed by atoms with E-state index in [1.165, 1.54) is 78.8 Å². The Morgan fingerprint density at radius 3 is 1.82 bits per heavy atom. The third-order valence-electron chi connectivity index (χ3n) is 23.5. The zero-order chi connectivity index (χ0) is 79.3. The van der Waals surface area contributed by atoms with Crippen molar-refractivity contribution in [1.29, 1.82) is 0 Å². The van der Waals surface area contributed by atoms with E-state index in [1.807, 2.05) is 19.9 Å². The van der Waals surface area contributed by atoms with E-state index in [4.69, 9.17) is 52.1 Å². The van der Waals surface area contributed by atoms with Crippen molar-refractivity contribution in [3.05, 3.63) is 148 Å². The van der Waals surface area contributed by atoms with Crippen LogP contribution in [0.5, 0.6) is 0 Å². The lowest BCUT2D eigenvalue weighted by atomic mass is 9.44. The number of fused-ring (bicyclic) bond motifs is 8. The molecule has 7 aliphatic rings. The fourth-order valence-electron chi connectivity index (χ4n) is 18.1. The average molecular weight is 1500 g/mol. The number of rotatable bonds is 19. The molecule has 1 saturated heterocycles. The SMILES string of the molecule is C=C1[C@@H](OC(=O)/C=C/c2ccccc2)C[C@H](OC(C)=O)[C@]2(C)[C@@H]1C[C@@H]1C[C@H](OC(=O)CCC(=O)O[C@H]3C(=O)[C@@]4(C)C([C@H](OC(=O)c5ccccc5)[C@]5(O)C[C@H](OC(=O)[C@H](O)[C@@H](NC(=O)OC(C)(C)C)c6ccccc6)C(C)=C3C5(C)C)[C@]3(OC(C)=O)CO[C@@H]3C[C@@H]4O)C(C)=C([C@@H](OC(C)=O)[C@@H]2OC(C)=O)C1(C)C. The van der Waals surface area contributed by atoms with Gasteiger partial charge in [0.15, 0.2) is 35.8 Å². The number of benzene rings is 3. The van der Waals surface area contributed by atoms with Crippen LogP contribution in [0.1, 0.15) is 176 Å². The monoisotopic (exact) mass is 1500 g/mol. The number of ether oxygens (including phenoxy) is 11. The van der Waals surface area contributed by atoms with Crippen LogP contribution in [-0.4, -0.2) is 171 Å². The molecule has 1 unspecified atom stereocenters. The molecule has 6 aliphatic carbocycles. The molecule has 3 aromatic carbocycles. The van der Waals surface area contributed by atoms with Gasteiger partial charge in [-0.3, -0.25) is 33.6 Å². The molecule has 26 heteroatoms. The largest absolute Gasteiger partial charge is 0.462 e. The summed E-state index contributed by atoms with van der Waals surface area (Å²) in [5.41, 5.74) is -10.4. The van der Waals surface area contributed by atoms with E-state index in [2.05, 4.69) is 11.9 Å². The quantitative estimate of drug-likeness (QED) is 0.0376. The van der Waals surface area contributed by atoms with Crippen LogP contribution < -0.4 is 5.32 Å². The summed E-state index contributed by atoms with van der Waals surface area (Å²) in [7, 11) is 0. The van der Waals surface area contributed by atoms with Crippen LogP contribution in [0.15, 0.2) is 132 Å². The van der Waals surface area contributed by atoms with Crippen molar-refractivity contribution in [2.75, 3.05) is 6.61 Å². The van der Waals surface area contributed by atoms with Crippen molar-refractivity contribution in [2.24, 2.45) is 39.4 Å². The fourth-order valence-corrected chi connectivity index (χ4v) is 18.1. The van der Waals surface area contributed by atoms with Gasteiger partial charge in [0.05, 0.1) is 53.9 Å². The highest BCUT2D eigenvalue weighted by molar-refractivity contribution is 5.96. The maximum Gasteiger partial charge on any atom is 0.408 e. The number of esters is 9. The van der Waals surface area contributed by atoms with Gasteiger partial charge in [0.1, 0.15) is 47.8 Å². The van der Waals surface area contributed by atoms with E-state index in [1.54, 1.807) is 101 Å². The Kier molecular flexibility index (Phi) is 23.3. The Balaban J connectivity index is 1.02. The molecule has 26 nitrogen and oxygen atoms in total. The van der Waals surface area contributed by atoms with E-state index in [0.29, 0.717) is 16.7 Å². The zero-order valence-corrected chi connectivity index (χ0v) is 63.7. The smallest absolute Gasteiger partial charge is 0.408 e. The van der Waals surface area contributed by atoms with E-state index >= 15 is 9.59 Å². The first-order valence-electron chi connectivity index (χ1n) is 36.4. The molecule has 4 saturated carbocycles. The molecule has 582 valence electrons. The highest BCUT2D eigenvalue weighted by atomic mass is 16.6. The topological polar surface area (TPSA) is 362 Å². The molecule has 0 radical (unpaired) electrons. The van der Waals surface area contributed by atoms with Gasteiger partial charge in [-0.05, 0) is 129 Å². The van der Waals surface area contributed by atoms with Crippen molar-refractivity contribution >= 4 is 71.7 Å². The Labute approximate surface area is 627 Å². The minimum absolute atomic E-state index is 0.0114. The summed E-state index contributed by atoms with van der Waals surface area (Å²) in [6.07, 6.45) is -18.0. The summed E-state index contributed by atoms with van der Waals surface area (Å²) >= 11 is 0. The van der Waals surface area contributed by atoms with Gasteiger partial charge in [-0.25, -0.2) is 19.2 Å². The number of hydrogen-bond acceptors (Lipinski definition) is 25. The maximum absolute atomic E-state index is 16.6. The number of carbonyl (C=O) groups excluding carboxylic acids is 11. The second-order valence-corrected chi connectivity index (χ2v) is 32.1. The van der Waals surface area contributed by atoms with Gasteiger partial charge in [0, 0.05) is 58.4 Å². The molecule has 0 aromatic heterocycles. The Bertz CT molecular complexity index is 4140. The van der Waals surface area contributed by atoms with Crippen LogP contribution >= 0.6 is 0 Å². The molecule has 4 N–H and O–H groups in total. The lowest BCUT2D eigenvalue weighted by Gasteiger charge is -2.67. The molecule has 19 atom stereocenters. The minimum Gasteiger partial charge on any atom is -0.462 e. The van der Waals surface area contributed by atoms with Crippen LogP contribution in [0.2, 0.25) is 0 Å². The first-order valence-corrected chi connectivity index (χ1v) is 36.4. The van der Waals surface area contributed by atoms with Crippen LogP contribution in [-0.2, 0) is 95.3 Å². The molecule has 10 rings (SSSR count). The standard InChI is InChI=1S/C82H99NO25/c1-42-53-36-52-37-54(43(2)63(77(52,11)12)68(100-46(5)85)71(101-47(6)86)79(53,15)58(99-45(4)84)38-55(42)103-60(89)33-32-49-26-20-17-21-27-49)102-61(90)34-35-62(91)105-67-64-44(3)56(104-74(95)66(92)65(50-28-22-18-23-29-50)83-75(96)108-76(8,9)10)40-82(97,78(64,13)14)72(106-73(94)51-30-24-19-25-31-51)69-80(16,70(67)93)57(88)39-59-81(69,41-98-59)107-48(7)87/h17-33,52-59,65-69,71-72,88,92,97H,1,34-41H2,2-16H3,(H,83,96)/b33-32+/t52-,53-,54+,55+,56+,57+,58+,59-,65+,66-,67-,68-,69?,71+,72+,79+,80-,81+,82-/m1/s1. The normalized spacial score (nSPS) is 32.2. The summed E-state index contributed by atoms with van der Waals surface area (Å²) < 4.78 is 68.2. The lowest BCUT2D eigenvalue weighted by Crippen LogP contribution is -2.82. The molecule has 4 bridgehead atoms. The van der Waals surface area contributed by atoms with Gasteiger partial charge in [0.2, 0.25) is 0 Å². The van der Waals surface area contributed by atoms with E-state index in [0.717, 1.165) is 12.5 Å². The minimum atomic E-state index is -2.63. The Morgan fingerprint density at radius 1 is 0.667 bits per heavy atom. The van der Waals surface area contributed by atoms with Gasteiger partial charge < -0.3 is 72.7 Å². The Morgan fingerprint density at radius 2 is 1.25 bits per heavy atom. The highest BCUT2D eigenvalue weighted by Crippen LogP contribution is 2.66. The third kappa shape index (κ3) is 15.5. The van der Waals surface area contributed by atoms with Crippen molar-refractivity contribution in [3.63, 3.8) is 0 Å². The number of aliphatic hydroxyl groups is 3. The molecule has 1 aliphatic heterocycles. The zero-order valence-electron chi connectivity index (χ0n) is 63.7. The predicted molar refractivity (Wildman–Crippen MR) is 383 cm³/mol. The molecule has 1 heterocycles. The molecular formula is C82H99NO25. The van der Waals surface area contributed by atoms with Crippen molar-refractivity contribution in [2.45, 2.75) is 239 Å². The molecule has 108 heavy (non-hydrogen) atoms. The van der Waals surface area contributed by atoms with Gasteiger partial charge in [-0.1, -0.05) is 120 Å². The van der Waals surface area contributed by atoms with Gasteiger partial charge in [-0.2, -0.15) is 0 Å². The summed E-state index contributed by atoms with van der Waals surface area (Å²) in [6, 6.07) is 23.0. The van der Waals surface area contributed by atoms with Crippen molar-refractivity contribution in [1.82, 2.24) is 5.32 Å². The number of hydrogen-bond donors (Lipinski definition) is 4. The second kappa shape index (κ2) is 30.9. The average Bonchev–Trinajstić information content (AvgIpc) is 0.669. The number of alkyl carbamates (subject to hydrolysis) is 1. The molecular weight excluding hydrogens is 1400 g/mol. The Hall–Kier alpha value is -9.37. The number of ketones is 1. The van der Waals surface area contributed by atoms with Crippen molar-refractivity contribution < 1.29 is 120 Å². The van der Waals surface area contributed by atoms with Crippen LogP contribution in [0, 0.1) is 39.4 Å². The first-order chi connectivity index (χ1) is 50.5. The van der Waals surface area contributed by atoms with E-state index < -0.39 is 221 Å². The number of carbonyl (C=O) groups is 11. The lowest BCUT2D eigenvalue weighted by molar-refractivity contribution is -0.346. The van der Waals surface area contributed by atoms with Gasteiger partial charge in [-0.15, -0.1) is 0 Å². The first kappa shape index (κ1) is 81.2. The van der Waals surface area contributed by atoms with Crippen LogP contribution in [0.4, 0.5) is 4.79 Å². The summed E-state index contributed by atoms with van der Waals surface area (Å²) in [5.74, 6) is -12.7. The number of amides is 1. The number of nitrogens with one attached hydrogen (secondary N) is 1. The van der Waals surface area contributed by atoms with Gasteiger partial charge >= 0.3 is 59.8 Å². The number of Topliss-reactive ketones (excluding diaryl/α,β-unsaturated/α-hetero) is 1. The predicted octanol–water partition coefficient (Wildman–Crippen LogP) is 9.27. The summed E-state index contributed by atoms with van der Waals surface area (Å²) in [5, 5.41) is 41.7. The second-order valence-electron chi connectivity index (χ2n) is 32.1. The van der Waals surface area contributed by atoms with Crippen LogP contribution in [0.3, 0.4) is 0 Å². The number of aliphatic hydroxyl groups excluding tert-OH is 2. The highest BCUT2D eigenvalue weighted by Gasteiger charge is 2.79. The van der Waals surface area contributed by atoms with Gasteiger partial charge in [0.25, 0.3) is 0 Å². The molecule has 3 aromatic rings. The summed E-state index contributed by atoms with van der Waals surface area (Å²) in [4.78, 5) is 157. The fraction of sp³-hybridized carbons (Fsp3) is 0.549. The molecule has 0 spiro atoms. The van der Waals surface area contributed by atoms with E-state index in [9.17, 15) is 58.5 Å². The molecule has 1 amide bonds. The third-order valence-corrected chi connectivity index (χ3v) is 23.5. The van der Waals surface area contributed by atoms with Crippen LogP contribution in [0.25, 0.3) is 6.08 Å². The summed E-state index contributed by atoms with van der Waals surface area (Å²) in [6.45, 7) is 26.5. The van der Waals surface area contributed by atoms with E-state index in [-0.39, 0.29) is 48.0 Å². The molecule has 5 fully saturated rings. The van der Waals surface area contributed by atoms with Crippen molar-refractivity contribution in [3.8, 4) is 0 Å².